The summed E-state index contributed by atoms with van der Waals surface area (Å²) in [6.45, 7) is 3.94. The average molecular weight is 453 g/mol. The summed E-state index contributed by atoms with van der Waals surface area (Å²) < 4.78 is 46.0. The Labute approximate surface area is 179 Å². The molecular weight excluding hydrogens is 430 g/mol. The molecule has 0 spiro atoms. The molecule has 1 N–H and O–H groups in total. The minimum Gasteiger partial charge on any atom is -0.493 e. The van der Waals surface area contributed by atoms with E-state index in [0.717, 1.165) is 6.21 Å². The summed E-state index contributed by atoms with van der Waals surface area (Å²) in [5, 5.41) is 15.1. The zero-order valence-electron chi connectivity index (χ0n) is 17.4. The van der Waals surface area contributed by atoms with E-state index in [9.17, 15) is 18.5 Å². The Bertz CT molecular complexity index is 1070. The van der Waals surface area contributed by atoms with Crippen molar-refractivity contribution in [3.63, 3.8) is 0 Å². The van der Waals surface area contributed by atoms with E-state index in [-0.39, 0.29) is 46.6 Å². The van der Waals surface area contributed by atoms with Gasteiger partial charge in [0.25, 0.3) is 10.0 Å². The monoisotopic (exact) mass is 453 g/mol. The fourth-order valence-corrected chi connectivity index (χ4v) is 3.37. The molecule has 0 aliphatic heterocycles. The number of rotatable bonds is 11. The van der Waals surface area contributed by atoms with Crippen LogP contribution >= 0.6 is 0 Å². The first kappa shape index (κ1) is 23.7. The van der Waals surface area contributed by atoms with Crippen molar-refractivity contribution in [2.45, 2.75) is 18.7 Å². The third-order valence-electron chi connectivity index (χ3n) is 3.93. The van der Waals surface area contributed by atoms with Crippen LogP contribution in [0.25, 0.3) is 0 Å². The lowest BCUT2D eigenvalue weighted by atomic mass is 10.1. The Morgan fingerprint density at radius 3 is 2.23 bits per heavy atom. The molecule has 0 fully saturated rings. The molecule has 0 bridgehead atoms. The molecule has 0 saturated carbocycles. The van der Waals surface area contributed by atoms with Gasteiger partial charge < -0.3 is 18.9 Å². The Morgan fingerprint density at radius 2 is 1.65 bits per heavy atom. The molecular formula is C19H23N3O8S. The van der Waals surface area contributed by atoms with Gasteiger partial charge in [0.2, 0.25) is 5.75 Å². The molecule has 11 nitrogen and oxygen atoms in total. The van der Waals surface area contributed by atoms with Crippen molar-refractivity contribution in [2.75, 3.05) is 27.4 Å². The fourth-order valence-electron chi connectivity index (χ4n) is 2.56. The molecule has 31 heavy (non-hydrogen) atoms. The highest BCUT2D eigenvalue weighted by Gasteiger charge is 2.20. The molecule has 0 aromatic heterocycles. The quantitative estimate of drug-likeness (QED) is 0.311. The molecule has 2 aromatic rings. The number of sulfonamides is 1. The summed E-state index contributed by atoms with van der Waals surface area (Å²) in [5.41, 5.74) is -0.0958. The van der Waals surface area contributed by atoms with Crippen molar-refractivity contribution in [1.29, 1.82) is 0 Å². The zero-order valence-corrected chi connectivity index (χ0v) is 18.3. The van der Waals surface area contributed by atoms with E-state index in [0.29, 0.717) is 5.75 Å². The lowest BCUT2D eigenvalue weighted by Crippen LogP contribution is -2.18. The fraction of sp³-hybridized carbons (Fsp3) is 0.316. The highest BCUT2D eigenvalue weighted by Crippen LogP contribution is 2.34. The standard InChI is InChI=1S/C19H23N3O8S/c1-5-29-17-11-18(30-6-2)15(22(23)24)9-13(17)12-20-21-31(25,26)14-7-8-16(27-3)19(10-14)28-4/h7-12,21H,5-6H2,1-4H3/b20-12+. The summed E-state index contributed by atoms with van der Waals surface area (Å²) >= 11 is 0. The van der Waals surface area contributed by atoms with Gasteiger partial charge in [-0.25, -0.2) is 4.83 Å². The number of ether oxygens (including phenoxy) is 4. The van der Waals surface area contributed by atoms with Gasteiger partial charge in [-0.05, 0) is 26.0 Å². The van der Waals surface area contributed by atoms with E-state index < -0.39 is 14.9 Å². The number of nitro benzene ring substituents is 1. The topological polar surface area (TPSA) is 139 Å². The number of hydrogen-bond acceptors (Lipinski definition) is 9. The molecule has 0 atom stereocenters. The van der Waals surface area contributed by atoms with Gasteiger partial charge in [0.15, 0.2) is 11.5 Å². The maximum absolute atomic E-state index is 12.5. The Kier molecular flexibility index (Phi) is 8.02. The number of nitrogens with one attached hydrogen (secondary N) is 1. The van der Waals surface area contributed by atoms with E-state index in [1.807, 2.05) is 0 Å². The molecule has 0 aliphatic carbocycles. The molecule has 0 heterocycles. The van der Waals surface area contributed by atoms with E-state index in [2.05, 4.69) is 9.93 Å². The van der Waals surface area contributed by atoms with E-state index in [1.165, 1.54) is 44.6 Å². The summed E-state index contributed by atoms with van der Waals surface area (Å²) in [6.07, 6.45) is 1.12. The first-order valence-electron chi connectivity index (χ1n) is 9.12. The maximum atomic E-state index is 12.5. The number of hydrazone groups is 1. The molecule has 12 heteroatoms. The largest absolute Gasteiger partial charge is 0.493 e. The summed E-state index contributed by atoms with van der Waals surface area (Å²) in [5.74, 6) is 0.896. The lowest BCUT2D eigenvalue weighted by Gasteiger charge is -2.11. The normalized spacial score (nSPS) is 11.2. The maximum Gasteiger partial charge on any atom is 0.311 e. The molecule has 2 aromatic carbocycles. The lowest BCUT2D eigenvalue weighted by molar-refractivity contribution is -0.385. The smallest absolute Gasteiger partial charge is 0.311 e. The van der Waals surface area contributed by atoms with Gasteiger partial charge in [0.1, 0.15) is 5.75 Å². The Balaban J connectivity index is 2.36. The molecule has 0 unspecified atom stereocenters. The first-order chi connectivity index (χ1) is 14.8. The summed E-state index contributed by atoms with van der Waals surface area (Å²) in [6, 6.07) is 6.62. The van der Waals surface area contributed by atoms with Crippen LogP contribution in [0.4, 0.5) is 5.69 Å². The Morgan fingerprint density at radius 1 is 1.00 bits per heavy atom. The van der Waals surface area contributed by atoms with Gasteiger partial charge in [-0.1, -0.05) is 0 Å². The third-order valence-corrected chi connectivity index (χ3v) is 5.15. The minimum absolute atomic E-state index is 0.0407. The van der Waals surface area contributed by atoms with Crippen molar-refractivity contribution in [3.8, 4) is 23.0 Å². The molecule has 0 aliphatic rings. The molecule has 2 rings (SSSR count). The van der Waals surface area contributed by atoms with Gasteiger partial charge in [-0.2, -0.15) is 13.5 Å². The van der Waals surface area contributed by atoms with Crippen LogP contribution in [-0.2, 0) is 10.0 Å². The zero-order chi connectivity index (χ0) is 23.0. The first-order valence-corrected chi connectivity index (χ1v) is 10.6. The van der Waals surface area contributed by atoms with Crippen LogP contribution < -0.4 is 23.8 Å². The number of nitrogens with zero attached hydrogens (tertiary/aromatic N) is 2. The predicted octanol–water partition coefficient (Wildman–Crippen LogP) is 2.72. The third kappa shape index (κ3) is 5.75. The number of nitro groups is 1. The van der Waals surface area contributed by atoms with Crippen LogP contribution in [0, 0.1) is 10.1 Å². The van der Waals surface area contributed by atoms with Crippen molar-refractivity contribution >= 4 is 21.9 Å². The van der Waals surface area contributed by atoms with Gasteiger partial charge in [0, 0.05) is 23.8 Å². The van der Waals surface area contributed by atoms with Crippen LogP contribution in [-0.4, -0.2) is 47.0 Å². The minimum atomic E-state index is -4.04. The van der Waals surface area contributed by atoms with Crippen molar-refractivity contribution in [2.24, 2.45) is 5.10 Å². The van der Waals surface area contributed by atoms with Crippen LogP contribution in [0.3, 0.4) is 0 Å². The number of hydrogen-bond donors (Lipinski definition) is 1. The van der Waals surface area contributed by atoms with Gasteiger partial charge in [0.05, 0.1) is 43.5 Å². The van der Waals surface area contributed by atoms with E-state index in [4.69, 9.17) is 18.9 Å². The summed E-state index contributed by atoms with van der Waals surface area (Å²) in [7, 11) is -1.23. The van der Waals surface area contributed by atoms with Crippen LogP contribution in [0.5, 0.6) is 23.0 Å². The van der Waals surface area contributed by atoms with E-state index >= 15 is 0 Å². The number of methoxy groups -OCH3 is 2. The molecule has 168 valence electrons. The van der Waals surface area contributed by atoms with E-state index in [1.54, 1.807) is 13.8 Å². The molecule has 0 radical (unpaired) electrons. The molecule has 0 saturated heterocycles. The van der Waals surface area contributed by atoms with Crippen molar-refractivity contribution in [3.05, 3.63) is 46.0 Å². The van der Waals surface area contributed by atoms with Crippen molar-refractivity contribution < 1.29 is 32.3 Å². The van der Waals surface area contributed by atoms with Crippen LogP contribution in [0.15, 0.2) is 40.3 Å². The molecule has 0 amide bonds. The van der Waals surface area contributed by atoms with Crippen LogP contribution in [0.2, 0.25) is 0 Å². The van der Waals surface area contributed by atoms with Gasteiger partial charge in [-0.3, -0.25) is 10.1 Å². The van der Waals surface area contributed by atoms with Gasteiger partial charge in [-0.15, -0.1) is 0 Å². The highest BCUT2D eigenvalue weighted by atomic mass is 32.2. The predicted molar refractivity (Wildman–Crippen MR) is 113 cm³/mol. The van der Waals surface area contributed by atoms with Gasteiger partial charge >= 0.3 is 5.69 Å². The van der Waals surface area contributed by atoms with Crippen LogP contribution in [0.1, 0.15) is 19.4 Å². The second-order valence-electron chi connectivity index (χ2n) is 5.85. The summed E-state index contributed by atoms with van der Waals surface area (Å²) in [4.78, 5) is 12.7. The second-order valence-corrected chi connectivity index (χ2v) is 7.51. The van der Waals surface area contributed by atoms with Crippen molar-refractivity contribution in [1.82, 2.24) is 4.83 Å². The average Bonchev–Trinajstić information content (AvgIpc) is 2.74. The second kappa shape index (κ2) is 10.5. The number of benzene rings is 2. The Hall–Kier alpha value is -3.54. The highest BCUT2D eigenvalue weighted by molar-refractivity contribution is 7.89. The SMILES string of the molecule is CCOc1cc(OCC)c([N+](=O)[O-])cc1/C=N/NS(=O)(=O)c1ccc(OC)c(OC)c1.